The minimum Gasteiger partial charge on any atom is -0.481 e. The Labute approximate surface area is 124 Å². The number of carbonyl (C=O) groups is 2. The summed E-state index contributed by atoms with van der Waals surface area (Å²) in [6, 6.07) is 0.0225. The maximum atomic E-state index is 12.5. The van der Waals surface area contributed by atoms with Gasteiger partial charge < -0.3 is 14.9 Å². The van der Waals surface area contributed by atoms with Crippen LogP contribution < -0.4 is 0 Å². The lowest BCUT2D eigenvalue weighted by Crippen LogP contribution is -2.49. The first-order valence-corrected chi connectivity index (χ1v) is 8.28. The molecule has 114 valence electrons. The van der Waals surface area contributed by atoms with E-state index in [0.29, 0.717) is 19.5 Å². The molecule has 2 heterocycles. The number of carboxylic acid groups (broad SMARTS) is 1. The molecule has 2 aliphatic heterocycles. The average molecular weight is 300 g/mol. The third-order valence-corrected chi connectivity index (χ3v) is 5.52. The Bertz CT molecular complexity index is 387. The zero-order valence-corrected chi connectivity index (χ0v) is 13.1. The van der Waals surface area contributed by atoms with Crippen LogP contribution in [0, 0.1) is 5.92 Å². The monoisotopic (exact) mass is 300 g/mol. The molecular formula is C14H24N2O3S. The Morgan fingerprint density at radius 1 is 1.20 bits per heavy atom. The standard InChI is InChI=1S/C14H24N2O3S/c1-14(2)5-7-15(8-9-20-14)13(19)16-6-3-4-11(10-16)12(17)18/h11H,3-10H2,1-2H3,(H,17,18)/t11-/m0/s1. The normalized spacial score (nSPS) is 27.0. The van der Waals surface area contributed by atoms with Gasteiger partial charge in [0, 0.05) is 36.7 Å². The molecule has 2 aliphatic rings. The number of hydrogen-bond acceptors (Lipinski definition) is 3. The van der Waals surface area contributed by atoms with Gasteiger partial charge in [-0.1, -0.05) is 13.8 Å². The molecule has 0 radical (unpaired) electrons. The van der Waals surface area contributed by atoms with Gasteiger partial charge >= 0.3 is 12.0 Å². The molecule has 2 rings (SSSR count). The number of aliphatic carboxylic acids is 1. The van der Waals surface area contributed by atoms with Crippen molar-refractivity contribution < 1.29 is 14.7 Å². The first kappa shape index (κ1) is 15.5. The van der Waals surface area contributed by atoms with Crippen molar-refractivity contribution in [1.29, 1.82) is 0 Å². The highest BCUT2D eigenvalue weighted by Crippen LogP contribution is 2.31. The van der Waals surface area contributed by atoms with Gasteiger partial charge in [-0.05, 0) is 19.3 Å². The third kappa shape index (κ3) is 3.81. The van der Waals surface area contributed by atoms with Gasteiger partial charge in [-0.2, -0.15) is 11.8 Å². The topological polar surface area (TPSA) is 60.9 Å². The maximum absolute atomic E-state index is 12.5. The number of hydrogen-bond donors (Lipinski definition) is 1. The van der Waals surface area contributed by atoms with E-state index in [4.69, 9.17) is 5.11 Å². The van der Waals surface area contributed by atoms with Crippen molar-refractivity contribution >= 4 is 23.8 Å². The van der Waals surface area contributed by atoms with Crippen LogP contribution in [0.15, 0.2) is 0 Å². The summed E-state index contributed by atoms with van der Waals surface area (Å²) in [6.45, 7) is 7.02. The van der Waals surface area contributed by atoms with E-state index in [1.165, 1.54) is 0 Å². The van der Waals surface area contributed by atoms with Crippen molar-refractivity contribution in [2.75, 3.05) is 31.9 Å². The summed E-state index contributed by atoms with van der Waals surface area (Å²) < 4.78 is 0.223. The van der Waals surface area contributed by atoms with Gasteiger partial charge in [-0.3, -0.25) is 4.79 Å². The van der Waals surface area contributed by atoms with E-state index >= 15 is 0 Å². The number of carboxylic acids is 1. The first-order valence-electron chi connectivity index (χ1n) is 7.30. The van der Waals surface area contributed by atoms with E-state index in [-0.39, 0.29) is 10.8 Å². The van der Waals surface area contributed by atoms with Crippen molar-refractivity contribution in [2.24, 2.45) is 5.92 Å². The summed E-state index contributed by atoms with van der Waals surface area (Å²) in [4.78, 5) is 27.2. The summed E-state index contributed by atoms with van der Waals surface area (Å²) in [5.74, 6) is -0.227. The van der Waals surface area contributed by atoms with E-state index in [1.54, 1.807) is 4.90 Å². The highest BCUT2D eigenvalue weighted by atomic mass is 32.2. The fourth-order valence-electron chi connectivity index (χ4n) is 2.76. The lowest BCUT2D eigenvalue weighted by atomic mass is 9.98. The molecule has 0 aromatic heterocycles. The molecule has 2 amide bonds. The molecule has 2 saturated heterocycles. The Morgan fingerprint density at radius 3 is 2.65 bits per heavy atom. The summed E-state index contributed by atoms with van der Waals surface area (Å²) in [5, 5.41) is 9.11. The van der Waals surface area contributed by atoms with E-state index in [0.717, 1.165) is 31.7 Å². The predicted octanol–water partition coefficient (Wildman–Crippen LogP) is 2.12. The average Bonchev–Trinajstić information content (AvgIpc) is 2.59. The van der Waals surface area contributed by atoms with E-state index in [9.17, 15) is 9.59 Å². The van der Waals surface area contributed by atoms with E-state index < -0.39 is 11.9 Å². The van der Waals surface area contributed by atoms with Crippen LogP contribution in [0.3, 0.4) is 0 Å². The van der Waals surface area contributed by atoms with Gasteiger partial charge in [0.15, 0.2) is 0 Å². The summed E-state index contributed by atoms with van der Waals surface area (Å²) in [5.41, 5.74) is 0. The Kier molecular flexibility index (Phi) is 4.83. The van der Waals surface area contributed by atoms with Crippen LogP contribution in [0.25, 0.3) is 0 Å². The van der Waals surface area contributed by atoms with Gasteiger partial charge in [0.05, 0.1) is 5.92 Å². The summed E-state index contributed by atoms with van der Waals surface area (Å²) in [7, 11) is 0. The molecular weight excluding hydrogens is 276 g/mol. The number of likely N-dealkylation sites (tertiary alicyclic amines) is 1. The zero-order chi connectivity index (χ0) is 14.8. The fourth-order valence-corrected chi connectivity index (χ4v) is 3.86. The molecule has 0 saturated carbocycles. The molecule has 6 heteroatoms. The van der Waals surface area contributed by atoms with Gasteiger partial charge in [0.25, 0.3) is 0 Å². The number of rotatable bonds is 1. The molecule has 0 spiro atoms. The molecule has 20 heavy (non-hydrogen) atoms. The van der Waals surface area contributed by atoms with Crippen LogP contribution in [0.2, 0.25) is 0 Å². The molecule has 2 fully saturated rings. The van der Waals surface area contributed by atoms with Crippen LogP contribution in [-0.4, -0.2) is 63.6 Å². The van der Waals surface area contributed by atoms with Crippen molar-refractivity contribution in [3.05, 3.63) is 0 Å². The molecule has 0 aromatic carbocycles. The number of urea groups is 1. The molecule has 0 aliphatic carbocycles. The van der Waals surface area contributed by atoms with Crippen molar-refractivity contribution in [3.63, 3.8) is 0 Å². The van der Waals surface area contributed by atoms with Crippen LogP contribution in [0.1, 0.15) is 33.1 Å². The minimum atomic E-state index is -0.782. The zero-order valence-electron chi connectivity index (χ0n) is 12.3. The second kappa shape index (κ2) is 6.24. The number of amides is 2. The molecule has 0 unspecified atom stereocenters. The number of carbonyl (C=O) groups excluding carboxylic acids is 1. The number of thioether (sulfide) groups is 1. The fraction of sp³-hybridized carbons (Fsp3) is 0.857. The lowest BCUT2D eigenvalue weighted by Gasteiger charge is -2.35. The molecule has 0 aromatic rings. The second-order valence-corrected chi connectivity index (χ2v) is 8.05. The van der Waals surface area contributed by atoms with Crippen molar-refractivity contribution in [1.82, 2.24) is 9.80 Å². The van der Waals surface area contributed by atoms with Gasteiger partial charge in [0.2, 0.25) is 0 Å². The number of nitrogens with zero attached hydrogens (tertiary/aromatic N) is 2. The van der Waals surface area contributed by atoms with Gasteiger partial charge in [-0.25, -0.2) is 4.79 Å². The quantitative estimate of drug-likeness (QED) is 0.806. The third-order valence-electron chi connectivity index (χ3n) is 4.15. The van der Waals surface area contributed by atoms with Crippen molar-refractivity contribution in [2.45, 2.75) is 37.9 Å². The SMILES string of the molecule is CC1(C)CCN(C(=O)N2CCC[C@H](C(=O)O)C2)CCS1. The van der Waals surface area contributed by atoms with Gasteiger partial charge in [-0.15, -0.1) is 0 Å². The Hall–Kier alpha value is -0.910. The van der Waals surface area contributed by atoms with Crippen LogP contribution in [-0.2, 0) is 4.79 Å². The molecule has 1 N–H and O–H groups in total. The predicted molar refractivity (Wildman–Crippen MR) is 80.1 cm³/mol. The highest BCUT2D eigenvalue weighted by Gasteiger charge is 2.32. The van der Waals surface area contributed by atoms with E-state index in [2.05, 4.69) is 13.8 Å². The molecule has 0 bridgehead atoms. The Morgan fingerprint density at radius 2 is 1.95 bits per heavy atom. The minimum absolute atomic E-state index is 0.0225. The second-order valence-electron chi connectivity index (χ2n) is 6.25. The first-order chi connectivity index (χ1) is 9.39. The van der Waals surface area contributed by atoms with Crippen LogP contribution in [0.4, 0.5) is 4.79 Å². The van der Waals surface area contributed by atoms with Crippen LogP contribution in [0.5, 0.6) is 0 Å². The molecule has 5 nitrogen and oxygen atoms in total. The summed E-state index contributed by atoms with van der Waals surface area (Å²) >= 11 is 1.91. The smallest absolute Gasteiger partial charge is 0.320 e. The maximum Gasteiger partial charge on any atom is 0.320 e. The largest absolute Gasteiger partial charge is 0.481 e. The summed E-state index contributed by atoms with van der Waals surface area (Å²) in [6.07, 6.45) is 2.46. The number of piperidine rings is 1. The molecule has 1 atom stereocenters. The van der Waals surface area contributed by atoms with E-state index in [1.807, 2.05) is 16.7 Å². The van der Waals surface area contributed by atoms with Gasteiger partial charge in [0.1, 0.15) is 0 Å². The van der Waals surface area contributed by atoms with Crippen molar-refractivity contribution in [3.8, 4) is 0 Å². The Balaban J connectivity index is 1.95. The highest BCUT2D eigenvalue weighted by molar-refractivity contribution is 8.00. The van der Waals surface area contributed by atoms with Crippen LogP contribution >= 0.6 is 11.8 Å². The lowest BCUT2D eigenvalue weighted by molar-refractivity contribution is -0.143.